The second kappa shape index (κ2) is 5.60. The summed E-state index contributed by atoms with van der Waals surface area (Å²) in [5.41, 5.74) is 0. The van der Waals surface area contributed by atoms with Crippen molar-refractivity contribution in [2.45, 2.75) is 13.3 Å². The second-order valence-electron chi connectivity index (χ2n) is 3.49. The molecule has 1 rings (SSSR count). The smallest absolute Gasteiger partial charge is 0.230 e. The summed E-state index contributed by atoms with van der Waals surface area (Å²) < 4.78 is 0. The van der Waals surface area contributed by atoms with Gasteiger partial charge < -0.3 is 10.2 Å². The lowest BCUT2D eigenvalue weighted by Crippen LogP contribution is -2.31. The Hall–Kier alpha value is -0.0900. The fourth-order valence-corrected chi connectivity index (χ4v) is 1.87. The van der Waals surface area contributed by atoms with Crippen molar-refractivity contribution in [1.82, 2.24) is 10.2 Å². The molecular weight excluding hydrogens is 232 g/mol. The molecule has 1 heterocycles. The maximum atomic E-state index is 10.9. The van der Waals surface area contributed by atoms with Gasteiger partial charge in [0.1, 0.15) is 0 Å². The van der Waals surface area contributed by atoms with Gasteiger partial charge in [-0.05, 0) is 25.4 Å². The molecule has 1 atom stereocenters. The average molecular weight is 249 g/mol. The molecule has 0 saturated carbocycles. The number of alkyl halides is 1. The summed E-state index contributed by atoms with van der Waals surface area (Å²) in [6.45, 7) is 6.47. The van der Waals surface area contributed by atoms with Crippen LogP contribution in [0.25, 0.3) is 0 Å². The highest BCUT2D eigenvalue weighted by molar-refractivity contribution is 9.09. The molecule has 1 fully saturated rings. The van der Waals surface area contributed by atoms with Crippen LogP contribution in [-0.4, -0.2) is 42.3 Å². The summed E-state index contributed by atoms with van der Waals surface area (Å²) in [6, 6.07) is 0. The number of nitrogens with zero attached hydrogens (tertiary/aromatic N) is 1. The van der Waals surface area contributed by atoms with Crippen LogP contribution in [0.15, 0.2) is 0 Å². The zero-order valence-electron chi connectivity index (χ0n) is 8.05. The third kappa shape index (κ3) is 3.65. The van der Waals surface area contributed by atoms with E-state index < -0.39 is 0 Å². The van der Waals surface area contributed by atoms with Crippen molar-refractivity contribution in [3.8, 4) is 0 Å². The topological polar surface area (TPSA) is 32.3 Å². The lowest BCUT2D eigenvalue weighted by Gasteiger charge is -2.13. The van der Waals surface area contributed by atoms with Gasteiger partial charge in [-0.15, -0.1) is 0 Å². The molecule has 0 aromatic heterocycles. The van der Waals surface area contributed by atoms with E-state index in [1.54, 1.807) is 0 Å². The van der Waals surface area contributed by atoms with Crippen LogP contribution in [-0.2, 0) is 4.79 Å². The molecule has 13 heavy (non-hydrogen) atoms. The summed E-state index contributed by atoms with van der Waals surface area (Å²) in [6.07, 6.45) is 1.22. The Morgan fingerprint density at radius 3 is 3.00 bits per heavy atom. The van der Waals surface area contributed by atoms with Crippen molar-refractivity contribution in [3.63, 3.8) is 0 Å². The highest BCUT2D eigenvalue weighted by Crippen LogP contribution is 2.14. The van der Waals surface area contributed by atoms with Crippen LogP contribution in [0.1, 0.15) is 13.3 Å². The van der Waals surface area contributed by atoms with E-state index in [0.29, 0.717) is 11.2 Å². The molecule has 1 amide bonds. The molecular formula is C9H17BrN2O. The summed E-state index contributed by atoms with van der Waals surface area (Å²) in [7, 11) is 0. The van der Waals surface area contributed by atoms with Gasteiger partial charge in [0.2, 0.25) is 5.91 Å². The van der Waals surface area contributed by atoms with Crippen molar-refractivity contribution in [2.24, 2.45) is 5.92 Å². The van der Waals surface area contributed by atoms with Crippen molar-refractivity contribution >= 4 is 21.8 Å². The summed E-state index contributed by atoms with van der Waals surface area (Å²) in [5.74, 6) is 0.748. The number of hydrogen-bond acceptors (Lipinski definition) is 2. The number of carbonyl (C=O) groups excluding carboxylic acids is 1. The monoisotopic (exact) mass is 248 g/mol. The first-order chi connectivity index (χ1) is 6.26. The molecule has 3 nitrogen and oxygen atoms in total. The van der Waals surface area contributed by atoms with Crippen LogP contribution in [0.3, 0.4) is 0 Å². The van der Waals surface area contributed by atoms with Crippen LogP contribution in [0.5, 0.6) is 0 Å². The first-order valence-corrected chi connectivity index (χ1v) is 5.93. The summed E-state index contributed by atoms with van der Waals surface area (Å²) in [5, 5.41) is 3.32. The highest BCUT2D eigenvalue weighted by Gasteiger charge is 2.20. The molecule has 0 radical (unpaired) electrons. The van der Waals surface area contributed by atoms with Crippen LogP contribution in [0.4, 0.5) is 0 Å². The Morgan fingerprint density at radius 2 is 2.46 bits per heavy atom. The van der Waals surface area contributed by atoms with E-state index in [1.807, 2.05) is 0 Å². The number of hydrogen-bond donors (Lipinski definition) is 1. The molecule has 0 bridgehead atoms. The molecule has 1 saturated heterocycles. The summed E-state index contributed by atoms with van der Waals surface area (Å²) in [4.78, 5) is 13.4. The molecule has 76 valence electrons. The van der Waals surface area contributed by atoms with Crippen molar-refractivity contribution < 1.29 is 4.79 Å². The predicted molar refractivity (Wildman–Crippen MR) is 57.0 cm³/mol. The van der Waals surface area contributed by atoms with E-state index in [0.717, 1.165) is 19.6 Å². The normalized spacial score (nSPS) is 23.4. The largest absolute Gasteiger partial charge is 0.355 e. The summed E-state index contributed by atoms with van der Waals surface area (Å²) >= 11 is 3.13. The van der Waals surface area contributed by atoms with Crippen LogP contribution in [0.2, 0.25) is 0 Å². The SMILES string of the molecule is CCN1CCC(CNC(=O)CBr)C1. The van der Waals surface area contributed by atoms with Gasteiger partial charge in [-0.3, -0.25) is 4.79 Å². The fraction of sp³-hybridized carbons (Fsp3) is 0.889. The molecule has 0 aromatic rings. The van der Waals surface area contributed by atoms with Crippen LogP contribution >= 0.6 is 15.9 Å². The van der Waals surface area contributed by atoms with Gasteiger partial charge in [-0.1, -0.05) is 22.9 Å². The first-order valence-electron chi connectivity index (χ1n) is 4.81. The van der Waals surface area contributed by atoms with Gasteiger partial charge in [-0.2, -0.15) is 0 Å². The Balaban J connectivity index is 2.13. The van der Waals surface area contributed by atoms with Gasteiger partial charge in [0.25, 0.3) is 0 Å². The van der Waals surface area contributed by atoms with E-state index in [9.17, 15) is 4.79 Å². The number of carbonyl (C=O) groups is 1. The lowest BCUT2D eigenvalue weighted by atomic mass is 10.1. The maximum absolute atomic E-state index is 10.9. The van der Waals surface area contributed by atoms with E-state index in [2.05, 4.69) is 33.1 Å². The Kier molecular flexibility index (Phi) is 4.73. The average Bonchev–Trinajstić information content (AvgIpc) is 2.61. The maximum Gasteiger partial charge on any atom is 0.230 e. The Morgan fingerprint density at radius 1 is 1.69 bits per heavy atom. The Labute approximate surface area is 88.0 Å². The standard InChI is InChI=1S/C9H17BrN2O/c1-2-12-4-3-8(7-12)6-11-9(13)5-10/h8H,2-7H2,1H3,(H,11,13). The zero-order valence-corrected chi connectivity index (χ0v) is 9.64. The molecule has 1 aliphatic heterocycles. The third-order valence-corrected chi connectivity index (χ3v) is 3.04. The van der Waals surface area contributed by atoms with E-state index in [1.165, 1.54) is 13.0 Å². The molecule has 1 unspecified atom stereocenters. The highest BCUT2D eigenvalue weighted by atomic mass is 79.9. The second-order valence-corrected chi connectivity index (χ2v) is 4.05. The molecule has 0 aliphatic carbocycles. The lowest BCUT2D eigenvalue weighted by molar-refractivity contribution is -0.118. The fourth-order valence-electron chi connectivity index (χ4n) is 1.67. The Bertz CT molecular complexity index is 175. The van der Waals surface area contributed by atoms with Gasteiger partial charge in [0.15, 0.2) is 0 Å². The molecule has 1 aliphatic rings. The minimum atomic E-state index is 0.0925. The van der Waals surface area contributed by atoms with E-state index >= 15 is 0 Å². The van der Waals surface area contributed by atoms with Crippen LogP contribution in [0, 0.1) is 5.92 Å². The predicted octanol–water partition coefficient (Wildman–Crippen LogP) is 0.839. The van der Waals surface area contributed by atoms with Gasteiger partial charge in [-0.25, -0.2) is 0 Å². The zero-order chi connectivity index (χ0) is 9.68. The van der Waals surface area contributed by atoms with Gasteiger partial charge >= 0.3 is 0 Å². The van der Waals surface area contributed by atoms with Crippen LogP contribution < -0.4 is 5.32 Å². The minimum absolute atomic E-state index is 0.0925. The number of nitrogens with one attached hydrogen (secondary N) is 1. The molecule has 0 aromatic carbocycles. The minimum Gasteiger partial charge on any atom is -0.355 e. The van der Waals surface area contributed by atoms with E-state index in [4.69, 9.17) is 0 Å². The van der Waals surface area contributed by atoms with E-state index in [-0.39, 0.29) is 5.91 Å². The number of halogens is 1. The number of amides is 1. The molecule has 0 spiro atoms. The van der Waals surface area contributed by atoms with Crippen molar-refractivity contribution in [2.75, 3.05) is 31.5 Å². The number of likely N-dealkylation sites (tertiary alicyclic amines) is 1. The quantitative estimate of drug-likeness (QED) is 0.749. The van der Waals surface area contributed by atoms with Gasteiger partial charge in [0, 0.05) is 13.1 Å². The molecule has 4 heteroatoms. The van der Waals surface area contributed by atoms with Gasteiger partial charge in [0.05, 0.1) is 5.33 Å². The third-order valence-electron chi connectivity index (χ3n) is 2.53. The van der Waals surface area contributed by atoms with Crippen molar-refractivity contribution in [1.29, 1.82) is 0 Å². The first kappa shape index (κ1) is 11.0. The molecule has 1 N–H and O–H groups in total. The number of rotatable bonds is 4. The van der Waals surface area contributed by atoms with Crippen molar-refractivity contribution in [3.05, 3.63) is 0 Å².